The summed E-state index contributed by atoms with van der Waals surface area (Å²) in [5, 5.41) is 9.26. The molecule has 6 nitrogen and oxygen atoms in total. The number of aromatic nitrogens is 2. The topological polar surface area (TPSA) is 76.0 Å². The molecule has 0 unspecified atom stereocenters. The molecule has 0 aliphatic carbocycles. The van der Waals surface area contributed by atoms with Crippen molar-refractivity contribution in [2.24, 2.45) is 0 Å². The number of anilines is 1. The lowest BCUT2D eigenvalue weighted by molar-refractivity contribution is -0.143. The molecule has 2 heterocycles. The minimum Gasteiger partial charge on any atom is -0.355 e. The van der Waals surface area contributed by atoms with Crippen molar-refractivity contribution in [2.75, 3.05) is 11.9 Å². The summed E-state index contributed by atoms with van der Waals surface area (Å²) in [6.45, 7) is 2.02. The van der Waals surface area contributed by atoms with Crippen LogP contribution in [0.5, 0.6) is 0 Å². The second-order valence-corrected chi connectivity index (χ2v) is 8.01. The average Bonchev–Trinajstić information content (AvgIpc) is 3.27. The zero-order chi connectivity index (χ0) is 23.7. The Labute approximate surface area is 182 Å². The molecular formula is C19H18F6N4O2S. The average molecular weight is 480 g/mol. The van der Waals surface area contributed by atoms with Crippen LogP contribution < -0.4 is 10.6 Å². The molecule has 0 spiro atoms. The minimum atomic E-state index is -5.08. The molecule has 174 valence electrons. The highest BCUT2D eigenvalue weighted by Crippen LogP contribution is 2.37. The van der Waals surface area contributed by atoms with Crippen LogP contribution in [0, 0.1) is 0 Å². The SMILES string of the molecule is CCCNC(=O)Cn1nc2c(c1NC(=O)c1cc(C(F)(F)F)cc(C(F)(F)F)c1)CSC2. The van der Waals surface area contributed by atoms with Gasteiger partial charge >= 0.3 is 12.4 Å². The summed E-state index contributed by atoms with van der Waals surface area (Å²) in [5.74, 6) is -0.555. The number of alkyl halides is 6. The van der Waals surface area contributed by atoms with Crippen LogP contribution in [-0.4, -0.2) is 28.1 Å². The number of halogens is 6. The Kier molecular flexibility index (Phi) is 6.77. The first-order chi connectivity index (χ1) is 14.9. The number of rotatable bonds is 6. The molecule has 0 bridgehead atoms. The lowest BCUT2D eigenvalue weighted by Gasteiger charge is -2.15. The molecule has 1 aromatic carbocycles. The van der Waals surface area contributed by atoms with Gasteiger partial charge in [0.1, 0.15) is 12.4 Å². The highest BCUT2D eigenvalue weighted by molar-refractivity contribution is 7.98. The molecule has 0 atom stereocenters. The van der Waals surface area contributed by atoms with Gasteiger partial charge in [-0.05, 0) is 24.6 Å². The van der Waals surface area contributed by atoms with Gasteiger partial charge in [-0.1, -0.05) is 6.92 Å². The summed E-state index contributed by atoms with van der Waals surface area (Å²) in [6.07, 6.45) is -9.46. The maximum Gasteiger partial charge on any atom is 0.416 e. The molecule has 2 amide bonds. The molecule has 2 N–H and O–H groups in total. The number of nitrogens with zero attached hydrogens (tertiary/aromatic N) is 2. The minimum absolute atomic E-state index is 0.0482. The van der Waals surface area contributed by atoms with E-state index in [0.717, 1.165) is 0 Å². The number of fused-ring (bicyclic) bond motifs is 1. The van der Waals surface area contributed by atoms with Crippen molar-refractivity contribution >= 4 is 29.4 Å². The first kappa shape index (κ1) is 24.0. The molecule has 1 aliphatic heterocycles. The molecule has 3 rings (SSSR count). The third-order valence-electron chi connectivity index (χ3n) is 4.57. The Hall–Kier alpha value is -2.70. The van der Waals surface area contributed by atoms with E-state index in [1.807, 2.05) is 6.92 Å². The van der Waals surface area contributed by atoms with E-state index in [2.05, 4.69) is 15.7 Å². The smallest absolute Gasteiger partial charge is 0.355 e. The number of nitrogens with one attached hydrogen (secondary N) is 2. The van der Waals surface area contributed by atoms with Crippen molar-refractivity contribution in [1.29, 1.82) is 0 Å². The summed E-state index contributed by atoms with van der Waals surface area (Å²) in [5.41, 5.74) is -2.82. The third kappa shape index (κ3) is 5.37. The molecular weight excluding hydrogens is 462 g/mol. The Morgan fingerprint density at radius 1 is 1.06 bits per heavy atom. The second-order valence-electron chi connectivity index (χ2n) is 7.02. The molecule has 0 saturated carbocycles. The fourth-order valence-electron chi connectivity index (χ4n) is 3.04. The maximum atomic E-state index is 13.1. The lowest BCUT2D eigenvalue weighted by Crippen LogP contribution is -2.29. The Morgan fingerprint density at radius 3 is 2.25 bits per heavy atom. The van der Waals surface area contributed by atoms with Crippen molar-refractivity contribution in [2.45, 2.75) is 43.7 Å². The van der Waals surface area contributed by atoms with E-state index < -0.39 is 40.9 Å². The Morgan fingerprint density at radius 2 is 1.69 bits per heavy atom. The molecule has 0 radical (unpaired) electrons. The van der Waals surface area contributed by atoms with Gasteiger partial charge in [0, 0.05) is 29.2 Å². The standard InChI is InChI=1S/C19H18F6N4O2S/c1-2-3-26-15(30)7-29-16(13-8-32-9-14(13)28-29)27-17(31)10-4-11(18(20,21)22)6-12(5-10)19(23,24)25/h4-6H,2-3,7-9H2,1H3,(H,26,30)(H,27,31). The number of carbonyl (C=O) groups excluding carboxylic acids is 2. The first-order valence-electron chi connectivity index (χ1n) is 9.44. The van der Waals surface area contributed by atoms with Crippen molar-refractivity contribution in [1.82, 2.24) is 15.1 Å². The number of hydrogen-bond acceptors (Lipinski definition) is 4. The quantitative estimate of drug-likeness (QED) is 0.600. The second kappa shape index (κ2) is 9.04. The van der Waals surface area contributed by atoms with Crippen LogP contribution in [0.3, 0.4) is 0 Å². The summed E-state index contributed by atoms with van der Waals surface area (Å²) in [7, 11) is 0. The number of benzene rings is 1. The van der Waals surface area contributed by atoms with Crippen LogP contribution in [0.15, 0.2) is 18.2 Å². The predicted octanol–water partition coefficient (Wildman–Crippen LogP) is 4.45. The normalized spacial score (nSPS) is 13.7. The molecule has 2 aromatic rings. The van der Waals surface area contributed by atoms with Crippen molar-refractivity contribution < 1.29 is 35.9 Å². The zero-order valence-corrected chi connectivity index (χ0v) is 17.5. The maximum absolute atomic E-state index is 13.1. The van der Waals surface area contributed by atoms with Crippen LogP contribution in [0.1, 0.15) is 46.1 Å². The Balaban J connectivity index is 1.94. The molecule has 0 fully saturated rings. The van der Waals surface area contributed by atoms with Crippen LogP contribution in [0.4, 0.5) is 32.2 Å². The van der Waals surface area contributed by atoms with Crippen LogP contribution in [0.2, 0.25) is 0 Å². The van der Waals surface area contributed by atoms with Crippen molar-refractivity contribution in [3.05, 3.63) is 46.1 Å². The zero-order valence-electron chi connectivity index (χ0n) is 16.7. The summed E-state index contributed by atoms with van der Waals surface area (Å²) < 4.78 is 79.8. The monoisotopic (exact) mass is 480 g/mol. The van der Waals surface area contributed by atoms with E-state index in [0.29, 0.717) is 47.9 Å². The first-order valence-corrected chi connectivity index (χ1v) is 10.6. The largest absolute Gasteiger partial charge is 0.416 e. The number of amides is 2. The lowest BCUT2D eigenvalue weighted by atomic mass is 10.0. The molecule has 0 saturated heterocycles. The predicted molar refractivity (Wildman–Crippen MR) is 105 cm³/mol. The van der Waals surface area contributed by atoms with Gasteiger partial charge in [-0.2, -0.15) is 43.2 Å². The molecule has 1 aromatic heterocycles. The fraction of sp³-hybridized carbons (Fsp3) is 0.421. The van der Waals surface area contributed by atoms with Crippen LogP contribution in [0.25, 0.3) is 0 Å². The van der Waals surface area contributed by atoms with Gasteiger partial charge in [0.2, 0.25) is 5.91 Å². The van der Waals surface area contributed by atoms with E-state index in [1.54, 1.807) is 0 Å². The van der Waals surface area contributed by atoms with E-state index in [9.17, 15) is 35.9 Å². The number of thioether (sulfide) groups is 1. The molecule has 32 heavy (non-hydrogen) atoms. The summed E-state index contributed by atoms with van der Waals surface area (Å²) >= 11 is 1.47. The van der Waals surface area contributed by atoms with Gasteiger partial charge in [-0.15, -0.1) is 0 Å². The van der Waals surface area contributed by atoms with Gasteiger partial charge in [0.25, 0.3) is 5.91 Å². The summed E-state index contributed by atoms with van der Waals surface area (Å²) in [6, 6.07) is 0.663. The number of carbonyl (C=O) groups is 2. The van der Waals surface area contributed by atoms with Crippen LogP contribution >= 0.6 is 11.8 Å². The van der Waals surface area contributed by atoms with Crippen molar-refractivity contribution in [3.8, 4) is 0 Å². The van der Waals surface area contributed by atoms with Crippen molar-refractivity contribution in [3.63, 3.8) is 0 Å². The highest BCUT2D eigenvalue weighted by atomic mass is 32.2. The Bertz CT molecular complexity index is 1000. The summed E-state index contributed by atoms with van der Waals surface area (Å²) in [4.78, 5) is 24.8. The third-order valence-corrected chi connectivity index (χ3v) is 5.54. The molecule has 1 aliphatic rings. The van der Waals surface area contributed by atoms with E-state index in [-0.39, 0.29) is 18.4 Å². The van der Waals surface area contributed by atoms with E-state index in [1.165, 1.54) is 16.4 Å². The number of hydrogen-bond donors (Lipinski definition) is 2. The van der Waals surface area contributed by atoms with E-state index >= 15 is 0 Å². The van der Waals surface area contributed by atoms with E-state index in [4.69, 9.17) is 0 Å². The molecule has 13 heteroatoms. The highest BCUT2D eigenvalue weighted by Gasteiger charge is 2.37. The van der Waals surface area contributed by atoms with Gasteiger partial charge < -0.3 is 10.6 Å². The van der Waals surface area contributed by atoms with Crippen LogP contribution in [-0.2, 0) is 35.2 Å². The van der Waals surface area contributed by atoms with Gasteiger partial charge in [-0.3, -0.25) is 9.59 Å². The fourth-order valence-corrected chi connectivity index (χ4v) is 4.08. The van der Waals surface area contributed by atoms with Gasteiger partial charge in [-0.25, -0.2) is 4.68 Å². The van der Waals surface area contributed by atoms with Gasteiger partial charge in [0.05, 0.1) is 16.8 Å². The van der Waals surface area contributed by atoms with Gasteiger partial charge in [0.15, 0.2) is 0 Å².